The minimum Gasteiger partial charge on any atom is -0.326 e. The molecular weight excluding hydrogens is 303 g/mol. The predicted molar refractivity (Wildman–Crippen MR) is 85.6 cm³/mol. The van der Waals surface area contributed by atoms with Crippen molar-refractivity contribution >= 4 is 32.3 Å². The molecule has 122 valence electrons. The second kappa shape index (κ2) is 16.5. The van der Waals surface area contributed by atoms with Crippen molar-refractivity contribution in [2.75, 3.05) is 13.3 Å². The first kappa shape index (κ1) is 24.5. The predicted octanol–water partition coefficient (Wildman–Crippen LogP) is 2.64. The smallest absolute Gasteiger partial charge is 0.326 e. The van der Waals surface area contributed by atoms with E-state index >= 15 is 0 Å². The van der Waals surface area contributed by atoms with E-state index in [0.29, 0.717) is 0 Å². The van der Waals surface area contributed by atoms with Crippen LogP contribution in [0.4, 0.5) is 4.79 Å². The molecule has 0 aromatic rings. The Bertz CT molecular complexity index is 282. The number of amides is 1. The van der Waals surface area contributed by atoms with Gasteiger partial charge in [0.25, 0.3) is 0 Å². The fourth-order valence-electron chi connectivity index (χ4n) is 0.299. The highest BCUT2D eigenvalue weighted by Gasteiger charge is 2.12. The van der Waals surface area contributed by atoms with E-state index in [4.69, 9.17) is 14.4 Å². The summed E-state index contributed by atoms with van der Waals surface area (Å²) in [6, 6.07) is 0. The van der Waals surface area contributed by atoms with Crippen molar-refractivity contribution in [1.29, 1.82) is 0 Å². The Morgan fingerprint density at radius 3 is 2.05 bits per heavy atom. The van der Waals surface area contributed by atoms with Crippen LogP contribution < -0.4 is 5.32 Å². The Morgan fingerprint density at radius 1 is 1.40 bits per heavy atom. The van der Waals surface area contributed by atoms with Gasteiger partial charge in [-0.05, 0) is 20.1 Å². The highest BCUT2D eigenvalue weighted by atomic mass is 32.2. The van der Waals surface area contributed by atoms with E-state index in [-0.39, 0.29) is 4.75 Å². The van der Waals surface area contributed by atoms with Crippen LogP contribution in [0.2, 0.25) is 0 Å². The average Bonchev–Trinajstić information content (AvgIpc) is 2.38. The van der Waals surface area contributed by atoms with Crippen molar-refractivity contribution in [3.05, 3.63) is 0 Å². The summed E-state index contributed by atoms with van der Waals surface area (Å²) in [6.45, 7) is 8.32. The van der Waals surface area contributed by atoms with Gasteiger partial charge in [0.1, 0.15) is 0 Å². The van der Waals surface area contributed by atoms with Gasteiger partial charge in [0.05, 0.1) is 6.21 Å². The molecule has 0 saturated heterocycles. The van der Waals surface area contributed by atoms with Gasteiger partial charge < -0.3 is 15.1 Å². The summed E-state index contributed by atoms with van der Waals surface area (Å²) in [5.74, 6) is 0. The Hall–Kier alpha value is -0.560. The topological polar surface area (TPSA) is 108 Å². The Kier molecular flexibility index (Phi) is 20.2. The summed E-state index contributed by atoms with van der Waals surface area (Å²) < 4.78 is 8.64. The first-order valence-electron chi connectivity index (χ1n) is 6.07. The molecule has 0 aromatic carbocycles. The van der Waals surface area contributed by atoms with E-state index in [1.54, 1.807) is 18.0 Å². The zero-order chi connectivity index (χ0) is 16.6. The van der Waals surface area contributed by atoms with Gasteiger partial charge in [-0.3, -0.25) is 9.40 Å². The Labute approximate surface area is 126 Å². The summed E-state index contributed by atoms with van der Waals surface area (Å²) in [5, 5.41) is 5.81. The lowest BCUT2D eigenvalue weighted by Crippen LogP contribution is -2.19. The fraction of sp³-hybridized carbons (Fsp3) is 0.818. The molecule has 0 radical (unpaired) electrons. The zero-order valence-corrected chi connectivity index (χ0v) is 14.8. The van der Waals surface area contributed by atoms with Crippen molar-refractivity contribution in [2.24, 2.45) is 5.16 Å². The maximum Gasteiger partial charge on any atom is 0.433 e. The minimum absolute atomic E-state index is 0.103. The first-order chi connectivity index (χ1) is 9.16. The molecule has 0 fully saturated rings. The number of nitrogens with one attached hydrogen (secondary N) is 1. The molecule has 0 rings (SSSR count). The molecule has 3 N–H and O–H groups in total. The maximum absolute atomic E-state index is 10.5. The first-order valence-corrected chi connectivity index (χ1v) is 8.59. The van der Waals surface area contributed by atoms with Crippen molar-refractivity contribution in [1.82, 2.24) is 5.32 Å². The van der Waals surface area contributed by atoms with Crippen LogP contribution in [-0.2, 0) is 9.40 Å². The summed E-state index contributed by atoms with van der Waals surface area (Å²) >= 11 is 1.63. The molecule has 0 atom stereocenters. The van der Waals surface area contributed by atoms with E-state index in [2.05, 4.69) is 29.2 Å². The molecule has 1 amide bonds. The molecule has 0 aliphatic heterocycles. The number of thioether (sulfide) groups is 1. The summed E-state index contributed by atoms with van der Waals surface area (Å²) in [4.78, 5) is 29.3. The van der Waals surface area contributed by atoms with Crippen LogP contribution in [0, 0.1) is 0 Å². The third-order valence-electron chi connectivity index (χ3n) is 1.73. The maximum atomic E-state index is 10.5. The lowest BCUT2D eigenvalue weighted by atomic mass is 10.2. The van der Waals surface area contributed by atoms with E-state index in [1.165, 1.54) is 19.9 Å². The van der Waals surface area contributed by atoms with Gasteiger partial charge in [-0.2, -0.15) is 11.8 Å². The Balaban J connectivity index is -0.000000297. The van der Waals surface area contributed by atoms with Gasteiger partial charge >= 0.3 is 14.3 Å². The summed E-state index contributed by atoms with van der Waals surface area (Å²) in [7, 11) is -1.65. The minimum atomic E-state index is -3.13. The van der Waals surface area contributed by atoms with Gasteiger partial charge in [-0.1, -0.05) is 31.8 Å². The molecular formula is C11H27N2O5PS. The van der Waals surface area contributed by atoms with E-state index < -0.39 is 14.3 Å². The zero-order valence-electron chi connectivity index (χ0n) is 13.0. The van der Waals surface area contributed by atoms with Crippen LogP contribution in [0.1, 0.15) is 40.5 Å². The number of nitrogens with zero attached hydrogens (tertiary/aromatic N) is 1. The number of hydrogen-bond acceptors (Lipinski definition) is 5. The number of carbonyl (C=O) groups excluding carboxylic acids is 1. The largest absolute Gasteiger partial charge is 0.433 e. The monoisotopic (exact) mass is 330 g/mol. The summed E-state index contributed by atoms with van der Waals surface area (Å²) in [6.07, 6.45) is 5.64. The van der Waals surface area contributed by atoms with Gasteiger partial charge in [0.15, 0.2) is 0 Å². The van der Waals surface area contributed by atoms with Crippen molar-refractivity contribution in [3.8, 4) is 0 Å². The van der Waals surface area contributed by atoms with E-state index in [0.717, 1.165) is 0 Å². The van der Waals surface area contributed by atoms with Crippen LogP contribution >= 0.6 is 20.0 Å². The number of rotatable bonds is 4. The van der Waals surface area contributed by atoms with Crippen LogP contribution in [0.3, 0.4) is 0 Å². The molecule has 0 heterocycles. The molecule has 0 unspecified atom stereocenters. The number of carbonyl (C=O) groups is 1. The number of hydrogen-bond donors (Lipinski definition) is 3. The van der Waals surface area contributed by atoms with Gasteiger partial charge in [0.2, 0.25) is 0 Å². The lowest BCUT2D eigenvalue weighted by molar-refractivity contribution is 0.153. The van der Waals surface area contributed by atoms with Crippen LogP contribution in [0.15, 0.2) is 5.16 Å². The average molecular weight is 330 g/mol. The molecule has 9 heteroatoms. The SMILES string of the molecule is CCCC.CNC(=O)O/N=C/C(C)(C)SC.O=[PH](O)O. The summed E-state index contributed by atoms with van der Waals surface area (Å²) in [5.41, 5.74) is 0. The highest BCUT2D eigenvalue weighted by molar-refractivity contribution is 8.00. The third kappa shape index (κ3) is 30.5. The molecule has 0 aliphatic carbocycles. The Morgan fingerprint density at radius 2 is 1.80 bits per heavy atom. The molecule has 0 saturated carbocycles. The second-order valence-electron chi connectivity index (χ2n) is 3.95. The van der Waals surface area contributed by atoms with Crippen LogP contribution in [-0.4, -0.2) is 40.1 Å². The van der Waals surface area contributed by atoms with Gasteiger partial charge in [0, 0.05) is 11.8 Å². The molecule has 0 aromatic heterocycles. The van der Waals surface area contributed by atoms with E-state index in [9.17, 15) is 4.79 Å². The standard InChI is InChI=1S/C7H14N2O2S.C4H10.H3O3P/c1-7(2,12-4)5-9-11-6(10)8-3;1-3-4-2;1-4(2)3/h5H,1-4H3,(H,8,10);3-4H2,1-2H3;4H,(H2,1,2,3)/b9-5+;;. The van der Waals surface area contributed by atoms with Crippen molar-refractivity contribution in [3.63, 3.8) is 0 Å². The normalized spacial score (nSPS) is 10.2. The second-order valence-corrected chi connectivity index (χ2v) is 5.98. The molecule has 20 heavy (non-hydrogen) atoms. The number of unbranched alkanes of at least 4 members (excludes halogenated alkanes) is 1. The van der Waals surface area contributed by atoms with Crippen molar-refractivity contribution < 1.29 is 24.0 Å². The van der Waals surface area contributed by atoms with Crippen molar-refractivity contribution in [2.45, 2.75) is 45.3 Å². The molecule has 7 nitrogen and oxygen atoms in total. The molecule has 0 aliphatic rings. The van der Waals surface area contributed by atoms with Gasteiger partial charge in [-0.25, -0.2) is 4.79 Å². The quantitative estimate of drug-likeness (QED) is 0.316. The lowest BCUT2D eigenvalue weighted by Gasteiger charge is -2.13. The molecule has 0 bridgehead atoms. The van der Waals surface area contributed by atoms with Crippen LogP contribution in [0.25, 0.3) is 0 Å². The fourth-order valence-corrected chi connectivity index (χ4v) is 0.448. The molecule has 0 spiro atoms. The van der Waals surface area contributed by atoms with Crippen LogP contribution in [0.5, 0.6) is 0 Å². The third-order valence-corrected chi connectivity index (χ3v) is 2.89. The highest BCUT2D eigenvalue weighted by Crippen LogP contribution is 2.17. The number of oxime groups is 1. The van der Waals surface area contributed by atoms with E-state index in [1.807, 2.05) is 20.1 Å². The van der Waals surface area contributed by atoms with Gasteiger partial charge in [-0.15, -0.1) is 0 Å².